The molecule has 0 saturated carbocycles. The van der Waals surface area contributed by atoms with Crippen LogP contribution in [0.4, 0.5) is 14.6 Å². The number of aryl methyl sites for hydroxylation is 1. The first-order valence-corrected chi connectivity index (χ1v) is 18.2. The highest BCUT2D eigenvalue weighted by molar-refractivity contribution is 6.74. The Hall–Kier alpha value is -1.62. The van der Waals surface area contributed by atoms with Crippen molar-refractivity contribution in [2.24, 2.45) is 0 Å². The van der Waals surface area contributed by atoms with E-state index in [0.29, 0.717) is 30.6 Å². The molecule has 0 N–H and O–H groups in total. The second kappa shape index (κ2) is 10.3. The van der Waals surface area contributed by atoms with Crippen LogP contribution in [0.2, 0.25) is 23.3 Å². The Labute approximate surface area is 242 Å². The molecule has 0 aromatic carbocycles. The van der Waals surface area contributed by atoms with Crippen molar-refractivity contribution in [2.45, 2.75) is 114 Å². The summed E-state index contributed by atoms with van der Waals surface area (Å²) in [6.45, 7) is 13.8. The Morgan fingerprint density at radius 2 is 1.90 bits per heavy atom. The van der Waals surface area contributed by atoms with Crippen LogP contribution in [0, 0.1) is 5.82 Å². The van der Waals surface area contributed by atoms with Gasteiger partial charge in [0, 0.05) is 31.7 Å². The molecule has 220 valence electrons. The molecule has 2 aromatic rings. The van der Waals surface area contributed by atoms with Crippen molar-refractivity contribution in [3.05, 3.63) is 16.7 Å². The summed E-state index contributed by atoms with van der Waals surface area (Å²) in [4.78, 5) is 18.4. The highest BCUT2D eigenvalue weighted by Gasteiger charge is 2.49. The van der Waals surface area contributed by atoms with Gasteiger partial charge in [0.2, 0.25) is 0 Å². The smallest absolute Gasteiger partial charge is 0.319 e. The maximum Gasteiger partial charge on any atom is 0.319 e. The summed E-state index contributed by atoms with van der Waals surface area (Å²) in [5.74, 6) is 0.0239. The molecule has 0 amide bonds. The van der Waals surface area contributed by atoms with Gasteiger partial charge in [-0.15, -0.1) is 0 Å². The van der Waals surface area contributed by atoms with Crippen molar-refractivity contribution >= 4 is 36.6 Å². The van der Waals surface area contributed by atoms with Crippen LogP contribution >= 0.6 is 11.6 Å². The molecule has 3 fully saturated rings. The second-order valence-corrected chi connectivity index (χ2v) is 18.9. The fourth-order valence-electron chi connectivity index (χ4n) is 7.01. The Bertz CT molecular complexity index is 1290. The minimum absolute atomic E-state index is 0.122. The van der Waals surface area contributed by atoms with Crippen LogP contribution in [0.25, 0.3) is 10.9 Å². The van der Waals surface area contributed by atoms with Crippen molar-refractivity contribution in [1.82, 2.24) is 19.9 Å². The average Bonchev–Trinajstić information content (AvgIpc) is 3.26. The first-order valence-electron chi connectivity index (χ1n) is 14.9. The van der Waals surface area contributed by atoms with Gasteiger partial charge in [-0.05, 0) is 69.6 Å². The standard InChI is InChI=1S/C29H42ClF2N5O2Si/c1-28(2,3)40(4,5)39-20-9-7-19-8-10-21-22-24(23(32)25(30)33-21)34-27(35-26(22)37(19)14-11-20)38-17-29-12-6-13-36(29)16-18(31)15-29/h18-20H,6-17H2,1-5H3/t18-,19-,20?,29+/m1/s1. The summed E-state index contributed by atoms with van der Waals surface area (Å²) < 4.78 is 42.9. The normalized spacial score (nSPS) is 29.3. The molecule has 4 aliphatic heterocycles. The number of rotatable bonds is 5. The van der Waals surface area contributed by atoms with E-state index in [1.807, 2.05) is 0 Å². The molecule has 7 nitrogen and oxygen atoms in total. The zero-order valence-corrected chi connectivity index (χ0v) is 26.2. The SMILES string of the molecule is CC(C)(C)[Si](C)(C)OC1CC[C@@H]2CCc3nc(Cl)c(F)c4nc(OC[C@@]56CCCN5C[C@H](F)C6)nc(c34)N2CC1. The Morgan fingerprint density at radius 3 is 2.67 bits per heavy atom. The Balaban J connectivity index is 1.33. The maximum absolute atomic E-state index is 15.5. The van der Waals surface area contributed by atoms with Gasteiger partial charge < -0.3 is 14.1 Å². The number of hydrogen-bond acceptors (Lipinski definition) is 7. The molecular formula is C29H42ClF2N5O2Si. The molecule has 0 bridgehead atoms. The minimum atomic E-state index is -1.91. The topological polar surface area (TPSA) is 63.6 Å². The van der Waals surface area contributed by atoms with Crippen molar-refractivity contribution in [3.8, 4) is 6.01 Å². The highest BCUT2D eigenvalue weighted by atomic mass is 35.5. The number of anilines is 1. The van der Waals surface area contributed by atoms with E-state index >= 15 is 4.39 Å². The number of nitrogens with zero attached hydrogens (tertiary/aromatic N) is 5. The van der Waals surface area contributed by atoms with Gasteiger partial charge in [-0.2, -0.15) is 9.97 Å². The van der Waals surface area contributed by atoms with Gasteiger partial charge in [-0.25, -0.2) is 13.8 Å². The minimum Gasteiger partial charge on any atom is -0.461 e. The number of hydrogen-bond donors (Lipinski definition) is 0. The predicted octanol–water partition coefficient (Wildman–Crippen LogP) is 6.47. The monoisotopic (exact) mass is 593 g/mol. The predicted molar refractivity (Wildman–Crippen MR) is 156 cm³/mol. The Morgan fingerprint density at radius 1 is 1.10 bits per heavy atom. The summed E-state index contributed by atoms with van der Waals surface area (Å²) in [7, 11) is -1.91. The molecule has 4 aliphatic rings. The van der Waals surface area contributed by atoms with Gasteiger partial charge in [0.1, 0.15) is 24.1 Å². The zero-order chi connectivity index (χ0) is 28.4. The average molecular weight is 594 g/mol. The molecule has 0 spiro atoms. The molecule has 6 rings (SSSR count). The van der Waals surface area contributed by atoms with E-state index in [1.165, 1.54) is 0 Å². The van der Waals surface area contributed by atoms with Crippen molar-refractivity contribution < 1.29 is 17.9 Å². The molecule has 0 aliphatic carbocycles. The van der Waals surface area contributed by atoms with Crippen LogP contribution in [0.5, 0.6) is 6.01 Å². The van der Waals surface area contributed by atoms with Crippen LogP contribution in [-0.2, 0) is 10.8 Å². The second-order valence-electron chi connectivity index (χ2n) is 13.8. The van der Waals surface area contributed by atoms with E-state index in [4.69, 9.17) is 25.7 Å². The number of alkyl halides is 1. The lowest BCUT2D eigenvalue weighted by atomic mass is 9.95. The Kier molecular flexibility index (Phi) is 7.32. The van der Waals surface area contributed by atoms with Crippen LogP contribution < -0.4 is 9.64 Å². The number of fused-ring (bicyclic) bond motifs is 3. The van der Waals surface area contributed by atoms with Gasteiger partial charge >= 0.3 is 6.01 Å². The lowest BCUT2D eigenvalue weighted by Crippen LogP contribution is -2.44. The zero-order valence-electron chi connectivity index (χ0n) is 24.4. The van der Waals surface area contributed by atoms with E-state index < -0.39 is 20.3 Å². The van der Waals surface area contributed by atoms with Crippen LogP contribution in [0.15, 0.2) is 0 Å². The van der Waals surface area contributed by atoms with Crippen molar-refractivity contribution in [1.29, 1.82) is 0 Å². The lowest BCUT2D eigenvalue weighted by Gasteiger charge is -2.39. The number of halogens is 3. The summed E-state index contributed by atoms with van der Waals surface area (Å²) >= 11 is 6.26. The quantitative estimate of drug-likeness (QED) is 0.291. The fourth-order valence-corrected chi connectivity index (χ4v) is 8.63. The number of ether oxygens (including phenoxy) is 1. The molecule has 4 atom stereocenters. The third-order valence-corrected chi connectivity index (χ3v) is 15.0. The third-order valence-electron chi connectivity index (χ3n) is 10.2. The first-order chi connectivity index (χ1) is 18.9. The van der Waals surface area contributed by atoms with Crippen LogP contribution in [0.1, 0.15) is 71.4 Å². The van der Waals surface area contributed by atoms with Gasteiger partial charge in [0.05, 0.1) is 16.6 Å². The van der Waals surface area contributed by atoms with Crippen LogP contribution in [0.3, 0.4) is 0 Å². The molecule has 40 heavy (non-hydrogen) atoms. The third kappa shape index (κ3) is 5.00. The lowest BCUT2D eigenvalue weighted by molar-refractivity contribution is 0.107. The van der Waals surface area contributed by atoms with E-state index in [-0.39, 0.29) is 46.0 Å². The van der Waals surface area contributed by atoms with Crippen LogP contribution in [-0.4, -0.2) is 78.3 Å². The number of aromatic nitrogens is 3. The molecule has 3 saturated heterocycles. The summed E-state index contributed by atoms with van der Waals surface area (Å²) in [5, 5.41) is 0.604. The van der Waals surface area contributed by atoms with Crippen molar-refractivity contribution in [2.75, 3.05) is 31.1 Å². The molecule has 11 heteroatoms. The van der Waals surface area contributed by atoms with E-state index in [0.717, 1.165) is 57.3 Å². The van der Waals surface area contributed by atoms with E-state index in [9.17, 15) is 4.39 Å². The summed E-state index contributed by atoms with van der Waals surface area (Å²) in [5.41, 5.74) is 0.552. The van der Waals surface area contributed by atoms with E-state index in [1.54, 1.807) is 0 Å². The molecular weight excluding hydrogens is 552 g/mol. The largest absolute Gasteiger partial charge is 0.461 e. The van der Waals surface area contributed by atoms with Gasteiger partial charge in [0.15, 0.2) is 19.3 Å². The van der Waals surface area contributed by atoms with Crippen molar-refractivity contribution in [3.63, 3.8) is 0 Å². The fraction of sp³-hybridized carbons (Fsp3) is 0.759. The summed E-state index contributed by atoms with van der Waals surface area (Å²) in [6.07, 6.45) is 6.05. The molecule has 0 radical (unpaired) electrons. The van der Waals surface area contributed by atoms with E-state index in [2.05, 4.69) is 53.6 Å². The number of pyridine rings is 1. The molecule has 1 unspecified atom stereocenters. The molecule has 2 aromatic heterocycles. The van der Waals surface area contributed by atoms with Gasteiger partial charge in [-0.3, -0.25) is 4.90 Å². The highest BCUT2D eigenvalue weighted by Crippen LogP contribution is 2.43. The maximum atomic E-state index is 15.5. The summed E-state index contributed by atoms with van der Waals surface area (Å²) in [6, 6.07) is 0.346. The first kappa shape index (κ1) is 28.5. The van der Waals surface area contributed by atoms with Gasteiger partial charge in [-0.1, -0.05) is 32.4 Å². The van der Waals surface area contributed by atoms with Gasteiger partial charge in [0.25, 0.3) is 0 Å². The molecule has 6 heterocycles.